The highest BCUT2D eigenvalue weighted by Gasteiger charge is 2.38. The number of nitrogens with one attached hydrogen (secondary N) is 1. The van der Waals surface area contributed by atoms with Crippen molar-refractivity contribution in [3.05, 3.63) is 58.3 Å². The van der Waals surface area contributed by atoms with E-state index >= 15 is 0 Å². The van der Waals surface area contributed by atoms with Gasteiger partial charge in [0.2, 0.25) is 5.91 Å². The zero-order valence-corrected chi connectivity index (χ0v) is 14.6. The highest BCUT2D eigenvalue weighted by Crippen LogP contribution is 2.28. The van der Waals surface area contributed by atoms with Crippen molar-refractivity contribution in [1.29, 1.82) is 0 Å². The van der Waals surface area contributed by atoms with E-state index in [1.165, 1.54) is 4.88 Å². The second-order valence-electron chi connectivity index (χ2n) is 5.82. The number of carboxylic acid groups (broad SMARTS) is 1. The summed E-state index contributed by atoms with van der Waals surface area (Å²) < 4.78 is 0. The lowest BCUT2D eigenvalue weighted by molar-refractivity contribution is -0.144. The van der Waals surface area contributed by atoms with Crippen molar-refractivity contribution < 1.29 is 14.7 Å². The Morgan fingerprint density at radius 3 is 2.50 bits per heavy atom. The molecule has 24 heavy (non-hydrogen) atoms. The van der Waals surface area contributed by atoms with Crippen LogP contribution in [-0.2, 0) is 21.4 Å². The zero-order chi connectivity index (χ0) is 17.4. The molecule has 1 aromatic carbocycles. The van der Waals surface area contributed by atoms with Gasteiger partial charge in [-0.05, 0) is 36.3 Å². The van der Waals surface area contributed by atoms with E-state index in [1.54, 1.807) is 23.5 Å². The molecule has 1 atom stereocenters. The SMILES string of the molecule is CCC(CNC(=O)CCCc1cccs1)(C(=O)O)c1ccccc1. The lowest BCUT2D eigenvalue weighted by atomic mass is 9.78. The smallest absolute Gasteiger partial charge is 0.315 e. The lowest BCUT2D eigenvalue weighted by Gasteiger charge is -2.29. The summed E-state index contributed by atoms with van der Waals surface area (Å²) in [7, 11) is 0. The van der Waals surface area contributed by atoms with Crippen LogP contribution in [0.1, 0.15) is 36.6 Å². The number of carboxylic acids is 1. The first-order valence-corrected chi connectivity index (χ1v) is 9.04. The summed E-state index contributed by atoms with van der Waals surface area (Å²) in [5.41, 5.74) is -0.358. The molecule has 2 rings (SSSR count). The second-order valence-corrected chi connectivity index (χ2v) is 6.85. The van der Waals surface area contributed by atoms with Crippen LogP contribution in [0.5, 0.6) is 0 Å². The van der Waals surface area contributed by atoms with Gasteiger partial charge in [-0.25, -0.2) is 0 Å². The lowest BCUT2D eigenvalue weighted by Crippen LogP contribution is -2.46. The fourth-order valence-electron chi connectivity index (χ4n) is 2.75. The molecule has 1 aromatic heterocycles. The van der Waals surface area contributed by atoms with E-state index in [2.05, 4.69) is 11.4 Å². The summed E-state index contributed by atoms with van der Waals surface area (Å²) in [6, 6.07) is 13.2. The molecule has 2 aromatic rings. The predicted octanol–water partition coefficient (Wildman–Crippen LogP) is 3.62. The summed E-state index contributed by atoms with van der Waals surface area (Å²) in [6.45, 7) is 1.95. The first-order valence-electron chi connectivity index (χ1n) is 8.16. The number of aliphatic carboxylic acids is 1. The number of rotatable bonds is 9. The molecule has 1 unspecified atom stereocenters. The monoisotopic (exact) mass is 345 g/mol. The van der Waals surface area contributed by atoms with Gasteiger partial charge < -0.3 is 10.4 Å². The van der Waals surface area contributed by atoms with E-state index in [0.717, 1.165) is 18.4 Å². The fourth-order valence-corrected chi connectivity index (χ4v) is 3.51. The van der Waals surface area contributed by atoms with Gasteiger partial charge in [0.1, 0.15) is 5.41 Å². The van der Waals surface area contributed by atoms with Gasteiger partial charge in [-0.1, -0.05) is 43.3 Å². The predicted molar refractivity (Wildman–Crippen MR) is 96.3 cm³/mol. The number of hydrogen-bond donors (Lipinski definition) is 2. The van der Waals surface area contributed by atoms with E-state index in [4.69, 9.17) is 0 Å². The molecule has 0 fully saturated rings. The first-order chi connectivity index (χ1) is 11.6. The Labute approximate surface area is 146 Å². The molecule has 0 radical (unpaired) electrons. The van der Waals surface area contributed by atoms with Crippen molar-refractivity contribution in [2.24, 2.45) is 0 Å². The van der Waals surface area contributed by atoms with Gasteiger partial charge >= 0.3 is 5.97 Å². The van der Waals surface area contributed by atoms with Crippen LogP contribution in [0, 0.1) is 0 Å². The normalized spacial score (nSPS) is 13.2. The van der Waals surface area contributed by atoms with Gasteiger partial charge in [-0.2, -0.15) is 0 Å². The molecule has 128 valence electrons. The van der Waals surface area contributed by atoms with Crippen molar-refractivity contribution in [1.82, 2.24) is 5.32 Å². The van der Waals surface area contributed by atoms with Crippen LogP contribution in [0.25, 0.3) is 0 Å². The third kappa shape index (κ3) is 4.45. The van der Waals surface area contributed by atoms with Crippen molar-refractivity contribution in [3.8, 4) is 0 Å². The minimum atomic E-state index is -1.08. The maximum atomic E-state index is 12.1. The van der Waals surface area contributed by atoms with Crippen LogP contribution in [0.4, 0.5) is 0 Å². The molecule has 0 bridgehead atoms. The van der Waals surface area contributed by atoms with Crippen molar-refractivity contribution in [3.63, 3.8) is 0 Å². The molecule has 0 saturated heterocycles. The molecule has 4 nitrogen and oxygen atoms in total. The van der Waals surface area contributed by atoms with Gasteiger partial charge in [0.15, 0.2) is 0 Å². The van der Waals surface area contributed by atoms with Gasteiger partial charge in [0.25, 0.3) is 0 Å². The molecule has 0 spiro atoms. The number of carbonyl (C=O) groups is 2. The summed E-state index contributed by atoms with van der Waals surface area (Å²) in [4.78, 5) is 25.2. The van der Waals surface area contributed by atoms with Crippen LogP contribution in [-0.4, -0.2) is 23.5 Å². The Morgan fingerprint density at radius 2 is 1.92 bits per heavy atom. The fraction of sp³-hybridized carbons (Fsp3) is 0.368. The van der Waals surface area contributed by atoms with Crippen LogP contribution in [0.2, 0.25) is 0 Å². The molecule has 0 saturated carbocycles. The third-order valence-corrected chi connectivity index (χ3v) is 5.27. The number of hydrogen-bond acceptors (Lipinski definition) is 3. The van der Waals surface area contributed by atoms with Gasteiger partial charge in [0, 0.05) is 17.8 Å². The number of carbonyl (C=O) groups excluding carboxylic acids is 1. The Kier molecular flexibility index (Phi) is 6.55. The Hall–Kier alpha value is -2.14. The Bertz CT molecular complexity index is 655. The highest BCUT2D eigenvalue weighted by atomic mass is 32.1. The van der Waals surface area contributed by atoms with E-state index in [0.29, 0.717) is 12.8 Å². The maximum Gasteiger partial charge on any atom is 0.315 e. The van der Waals surface area contributed by atoms with E-state index in [1.807, 2.05) is 36.6 Å². The highest BCUT2D eigenvalue weighted by molar-refractivity contribution is 7.09. The second kappa shape index (κ2) is 8.64. The summed E-state index contributed by atoms with van der Waals surface area (Å²) in [5, 5.41) is 14.6. The van der Waals surface area contributed by atoms with Crippen molar-refractivity contribution in [2.45, 2.75) is 38.0 Å². The standard InChI is InChI=1S/C19H23NO3S/c1-2-19(18(22)23,15-8-4-3-5-9-15)14-20-17(21)12-6-10-16-11-7-13-24-16/h3-5,7-9,11,13H,2,6,10,12,14H2,1H3,(H,20,21)(H,22,23). The number of amides is 1. The number of aryl methyl sites for hydroxylation is 1. The molecule has 0 aliphatic carbocycles. The first kappa shape index (κ1) is 18.2. The van der Waals surface area contributed by atoms with E-state index in [-0.39, 0.29) is 12.5 Å². The molecular formula is C19H23NO3S. The van der Waals surface area contributed by atoms with Gasteiger partial charge in [0.05, 0.1) is 0 Å². The van der Waals surface area contributed by atoms with E-state index in [9.17, 15) is 14.7 Å². The Morgan fingerprint density at radius 1 is 1.17 bits per heavy atom. The van der Waals surface area contributed by atoms with Crippen LogP contribution in [0.3, 0.4) is 0 Å². The largest absolute Gasteiger partial charge is 0.481 e. The molecule has 1 amide bonds. The minimum absolute atomic E-state index is 0.0958. The topological polar surface area (TPSA) is 66.4 Å². The van der Waals surface area contributed by atoms with E-state index < -0.39 is 11.4 Å². The van der Waals surface area contributed by atoms with Crippen molar-refractivity contribution in [2.75, 3.05) is 6.54 Å². The summed E-state index contributed by atoms with van der Waals surface area (Å²) in [6.07, 6.45) is 2.47. The quantitative estimate of drug-likeness (QED) is 0.729. The average molecular weight is 345 g/mol. The molecule has 0 aliphatic heterocycles. The van der Waals surface area contributed by atoms with Crippen LogP contribution in [0.15, 0.2) is 47.8 Å². The molecule has 5 heteroatoms. The summed E-state index contributed by atoms with van der Waals surface area (Å²) >= 11 is 1.69. The van der Waals surface area contributed by atoms with Crippen LogP contribution >= 0.6 is 11.3 Å². The minimum Gasteiger partial charge on any atom is -0.481 e. The molecule has 0 aliphatic rings. The van der Waals surface area contributed by atoms with Gasteiger partial charge in [-0.3, -0.25) is 9.59 Å². The Balaban J connectivity index is 1.93. The van der Waals surface area contributed by atoms with Crippen molar-refractivity contribution >= 4 is 23.2 Å². The van der Waals surface area contributed by atoms with Gasteiger partial charge in [-0.15, -0.1) is 11.3 Å². The zero-order valence-electron chi connectivity index (χ0n) is 13.8. The maximum absolute atomic E-state index is 12.1. The molecule has 2 N–H and O–H groups in total. The average Bonchev–Trinajstić information content (AvgIpc) is 3.10. The summed E-state index contributed by atoms with van der Waals surface area (Å²) in [5.74, 6) is -1.00. The molecule has 1 heterocycles. The molecular weight excluding hydrogens is 322 g/mol. The number of benzene rings is 1. The number of thiophene rings is 1. The van der Waals surface area contributed by atoms with Crippen LogP contribution < -0.4 is 5.32 Å². The third-order valence-electron chi connectivity index (χ3n) is 4.33.